The maximum Gasteiger partial charge on any atom is 0.253 e. The second kappa shape index (κ2) is 6.94. The number of hydrogen-bond acceptors (Lipinski definition) is 2. The lowest BCUT2D eigenvalue weighted by Gasteiger charge is -2.34. The molecular weight excluding hydrogens is 324 g/mol. The summed E-state index contributed by atoms with van der Waals surface area (Å²) in [6, 6.07) is 17.8. The Balaban J connectivity index is 1.42. The molecule has 0 spiro atoms. The van der Waals surface area contributed by atoms with Crippen LogP contribution >= 0.6 is 0 Å². The van der Waals surface area contributed by atoms with Gasteiger partial charge in [-0.05, 0) is 49.9 Å². The molecule has 26 heavy (non-hydrogen) atoms. The van der Waals surface area contributed by atoms with Gasteiger partial charge >= 0.3 is 0 Å². The Kier molecular flexibility index (Phi) is 4.49. The summed E-state index contributed by atoms with van der Waals surface area (Å²) in [5.74, 6) is 0.286. The lowest BCUT2D eigenvalue weighted by molar-refractivity contribution is -0.124. The van der Waals surface area contributed by atoms with Gasteiger partial charge in [-0.15, -0.1) is 0 Å². The number of carbonyl (C=O) groups excluding carboxylic acids is 2. The number of para-hydroxylation sites is 1. The molecule has 0 bridgehead atoms. The summed E-state index contributed by atoms with van der Waals surface area (Å²) in [5, 5.41) is 0. The summed E-state index contributed by atoms with van der Waals surface area (Å²) in [6.45, 7) is 3.41. The third-order valence-corrected chi connectivity index (χ3v) is 5.60. The lowest BCUT2D eigenvalue weighted by atomic mass is 9.94. The van der Waals surface area contributed by atoms with E-state index in [1.807, 2.05) is 58.3 Å². The quantitative estimate of drug-likeness (QED) is 0.833. The van der Waals surface area contributed by atoms with E-state index in [4.69, 9.17) is 0 Å². The molecule has 1 fully saturated rings. The number of amides is 2. The van der Waals surface area contributed by atoms with Crippen LogP contribution in [0.5, 0.6) is 0 Å². The number of anilines is 1. The van der Waals surface area contributed by atoms with Gasteiger partial charge < -0.3 is 9.80 Å². The molecule has 4 rings (SSSR count). The fourth-order valence-electron chi connectivity index (χ4n) is 4.19. The highest BCUT2D eigenvalue weighted by Gasteiger charge is 2.36. The Morgan fingerprint density at radius 1 is 0.923 bits per heavy atom. The summed E-state index contributed by atoms with van der Waals surface area (Å²) in [7, 11) is 0. The first kappa shape index (κ1) is 16.8. The number of fused-ring (bicyclic) bond motifs is 1. The average Bonchev–Trinajstić information content (AvgIpc) is 3.03. The molecule has 134 valence electrons. The van der Waals surface area contributed by atoms with Crippen molar-refractivity contribution in [2.45, 2.75) is 32.2 Å². The molecule has 0 aliphatic carbocycles. The number of benzene rings is 2. The molecular formula is C22H24N2O2. The van der Waals surface area contributed by atoms with Crippen molar-refractivity contribution in [3.8, 4) is 0 Å². The van der Waals surface area contributed by atoms with Crippen molar-refractivity contribution in [2.24, 2.45) is 5.92 Å². The molecule has 1 unspecified atom stereocenters. The fraction of sp³-hybridized carbons (Fsp3) is 0.364. The Bertz CT molecular complexity index is 810. The van der Waals surface area contributed by atoms with E-state index in [2.05, 4.69) is 13.0 Å². The van der Waals surface area contributed by atoms with Crippen LogP contribution in [0.1, 0.15) is 35.7 Å². The maximum atomic E-state index is 13.1. The van der Waals surface area contributed by atoms with Gasteiger partial charge in [0.15, 0.2) is 0 Å². The molecule has 2 aromatic rings. The van der Waals surface area contributed by atoms with E-state index < -0.39 is 0 Å². The third-order valence-electron chi connectivity index (χ3n) is 5.60. The summed E-state index contributed by atoms with van der Waals surface area (Å²) in [6.07, 6.45) is 2.40. The monoisotopic (exact) mass is 348 g/mol. The summed E-state index contributed by atoms with van der Waals surface area (Å²) >= 11 is 0. The van der Waals surface area contributed by atoms with Gasteiger partial charge in [0.05, 0.1) is 0 Å². The van der Waals surface area contributed by atoms with Crippen LogP contribution in [0.25, 0.3) is 0 Å². The van der Waals surface area contributed by atoms with E-state index in [1.54, 1.807) is 0 Å². The number of hydrogen-bond donors (Lipinski definition) is 0. The van der Waals surface area contributed by atoms with Gasteiger partial charge in [0.2, 0.25) is 5.91 Å². The number of rotatable bonds is 2. The molecule has 0 saturated carbocycles. The minimum Gasteiger partial charge on any atom is -0.339 e. The standard InChI is InChI=1S/C22H24N2O2/c1-16-15-19-9-5-6-10-20(19)24(16)22(26)18-11-13-23(14-12-18)21(25)17-7-3-2-4-8-17/h2-10,16,18H,11-15H2,1H3. The normalized spacial score (nSPS) is 20.1. The van der Waals surface area contributed by atoms with Crippen LogP contribution in [0.3, 0.4) is 0 Å². The van der Waals surface area contributed by atoms with E-state index in [9.17, 15) is 9.59 Å². The topological polar surface area (TPSA) is 40.6 Å². The highest BCUT2D eigenvalue weighted by Crippen LogP contribution is 2.34. The van der Waals surface area contributed by atoms with Crippen LogP contribution < -0.4 is 4.90 Å². The first-order chi connectivity index (χ1) is 12.6. The number of carbonyl (C=O) groups is 2. The number of nitrogens with zero attached hydrogens (tertiary/aromatic N) is 2. The highest BCUT2D eigenvalue weighted by molar-refractivity contribution is 5.98. The van der Waals surface area contributed by atoms with Crippen molar-refractivity contribution in [3.05, 3.63) is 65.7 Å². The second-order valence-corrected chi connectivity index (χ2v) is 7.32. The Morgan fingerprint density at radius 3 is 2.31 bits per heavy atom. The number of piperidine rings is 1. The van der Waals surface area contributed by atoms with Gasteiger partial charge in [-0.1, -0.05) is 36.4 Å². The van der Waals surface area contributed by atoms with Gasteiger partial charge in [0, 0.05) is 36.3 Å². The van der Waals surface area contributed by atoms with Gasteiger partial charge in [-0.3, -0.25) is 9.59 Å². The van der Waals surface area contributed by atoms with Crippen LogP contribution in [0, 0.1) is 5.92 Å². The zero-order valence-electron chi connectivity index (χ0n) is 15.1. The van der Waals surface area contributed by atoms with E-state index in [-0.39, 0.29) is 23.8 Å². The molecule has 2 aliphatic rings. The number of likely N-dealkylation sites (tertiary alicyclic amines) is 1. The molecule has 0 radical (unpaired) electrons. The molecule has 2 aliphatic heterocycles. The van der Waals surface area contributed by atoms with Crippen LogP contribution in [-0.2, 0) is 11.2 Å². The highest BCUT2D eigenvalue weighted by atomic mass is 16.2. The summed E-state index contributed by atoms with van der Waals surface area (Å²) in [4.78, 5) is 29.6. The summed E-state index contributed by atoms with van der Waals surface area (Å²) < 4.78 is 0. The van der Waals surface area contributed by atoms with Gasteiger partial charge in [-0.2, -0.15) is 0 Å². The lowest BCUT2D eigenvalue weighted by Crippen LogP contribution is -2.46. The van der Waals surface area contributed by atoms with Gasteiger partial charge in [-0.25, -0.2) is 0 Å². The summed E-state index contributed by atoms with van der Waals surface area (Å²) in [5.41, 5.74) is 3.04. The largest absolute Gasteiger partial charge is 0.339 e. The fourth-order valence-corrected chi connectivity index (χ4v) is 4.19. The molecule has 2 amide bonds. The van der Waals surface area contributed by atoms with Crippen molar-refractivity contribution in [3.63, 3.8) is 0 Å². The minimum absolute atomic E-state index is 0.00318. The van der Waals surface area contributed by atoms with Crippen LogP contribution in [0.15, 0.2) is 54.6 Å². The Labute approximate surface area is 154 Å². The van der Waals surface area contributed by atoms with Crippen molar-refractivity contribution < 1.29 is 9.59 Å². The zero-order valence-corrected chi connectivity index (χ0v) is 15.1. The predicted molar refractivity (Wildman–Crippen MR) is 102 cm³/mol. The average molecular weight is 348 g/mol. The zero-order chi connectivity index (χ0) is 18.1. The maximum absolute atomic E-state index is 13.1. The minimum atomic E-state index is 0.00318. The van der Waals surface area contributed by atoms with Crippen molar-refractivity contribution in [2.75, 3.05) is 18.0 Å². The second-order valence-electron chi connectivity index (χ2n) is 7.32. The van der Waals surface area contributed by atoms with Crippen molar-refractivity contribution >= 4 is 17.5 Å². The van der Waals surface area contributed by atoms with Crippen molar-refractivity contribution in [1.82, 2.24) is 4.90 Å². The van der Waals surface area contributed by atoms with Gasteiger partial charge in [0.1, 0.15) is 0 Å². The van der Waals surface area contributed by atoms with E-state index in [0.29, 0.717) is 13.1 Å². The van der Waals surface area contributed by atoms with Crippen LogP contribution in [-0.4, -0.2) is 35.8 Å². The molecule has 0 aromatic heterocycles. The SMILES string of the molecule is CC1Cc2ccccc2N1C(=O)C1CCN(C(=O)c2ccccc2)CC1. The van der Waals surface area contributed by atoms with Crippen LogP contribution in [0.2, 0.25) is 0 Å². The van der Waals surface area contributed by atoms with Gasteiger partial charge in [0.25, 0.3) is 5.91 Å². The molecule has 1 atom stereocenters. The Morgan fingerprint density at radius 2 is 1.58 bits per heavy atom. The molecule has 0 N–H and O–H groups in total. The Hall–Kier alpha value is -2.62. The molecule has 4 nitrogen and oxygen atoms in total. The first-order valence-electron chi connectivity index (χ1n) is 9.40. The third kappa shape index (κ3) is 3.00. The molecule has 1 saturated heterocycles. The molecule has 2 aromatic carbocycles. The van der Waals surface area contributed by atoms with E-state index in [0.717, 1.165) is 30.5 Å². The van der Waals surface area contributed by atoms with E-state index >= 15 is 0 Å². The predicted octanol–water partition coefficient (Wildman–Crippen LogP) is 3.52. The van der Waals surface area contributed by atoms with Crippen LogP contribution in [0.4, 0.5) is 5.69 Å². The smallest absolute Gasteiger partial charge is 0.253 e. The van der Waals surface area contributed by atoms with Crippen molar-refractivity contribution in [1.29, 1.82) is 0 Å². The molecule has 2 heterocycles. The first-order valence-corrected chi connectivity index (χ1v) is 9.40. The van der Waals surface area contributed by atoms with E-state index in [1.165, 1.54) is 5.56 Å². The molecule has 4 heteroatoms.